The van der Waals surface area contributed by atoms with Gasteiger partial charge in [-0.3, -0.25) is 4.79 Å². The number of hydrogen-bond acceptors (Lipinski definition) is 4. The van der Waals surface area contributed by atoms with E-state index >= 15 is 0 Å². The molecule has 1 saturated carbocycles. The van der Waals surface area contributed by atoms with E-state index in [4.69, 9.17) is 4.74 Å². The summed E-state index contributed by atoms with van der Waals surface area (Å²) >= 11 is 0. The van der Waals surface area contributed by atoms with Gasteiger partial charge in [0.25, 0.3) is 5.56 Å². The van der Waals surface area contributed by atoms with Crippen LogP contribution in [0.1, 0.15) is 43.0 Å². The van der Waals surface area contributed by atoms with Gasteiger partial charge in [0.05, 0.1) is 12.3 Å². The quantitative estimate of drug-likeness (QED) is 0.733. The molecule has 0 radical (unpaired) electrons. The third-order valence-electron chi connectivity index (χ3n) is 5.47. The number of aromatic amines is 1. The van der Waals surface area contributed by atoms with E-state index in [-0.39, 0.29) is 17.6 Å². The SMILES string of the molecule is COC1CC(Cc2ccccc2)CCCC1c1nn2cncc2c(=O)[nH]1. The van der Waals surface area contributed by atoms with Crippen LogP contribution in [0.3, 0.4) is 0 Å². The normalized spacial score (nSPS) is 23.8. The highest BCUT2D eigenvalue weighted by Crippen LogP contribution is 2.35. The van der Waals surface area contributed by atoms with Crippen LogP contribution in [-0.4, -0.2) is 32.8 Å². The lowest BCUT2D eigenvalue weighted by Gasteiger charge is -2.25. The first-order valence-corrected chi connectivity index (χ1v) is 9.24. The molecule has 3 atom stereocenters. The molecule has 2 heterocycles. The monoisotopic (exact) mass is 352 g/mol. The van der Waals surface area contributed by atoms with Crippen LogP contribution in [0.2, 0.25) is 0 Å². The fourth-order valence-electron chi connectivity index (χ4n) is 4.15. The Morgan fingerprint density at radius 2 is 2.12 bits per heavy atom. The molecule has 3 unspecified atom stereocenters. The largest absolute Gasteiger partial charge is 0.381 e. The first kappa shape index (κ1) is 17.0. The molecule has 2 aromatic heterocycles. The van der Waals surface area contributed by atoms with Gasteiger partial charge in [-0.1, -0.05) is 43.2 Å². The smallest absolute Gasteiger partial charge is 0.276 e. The number of hydrogen-bond donors (Lipinski definition) is 1. The number of aromatic nitrogens is 4. The summed E-state index contributed by atoms with van der Waals surface area (Å²) in [6, 6.07) is 10.6. The average molecular weight is 352 g/mol. The molecule has 0 aliphatic heterocycles. The van der Waals surface area contributed by atoms with E-state index in [9.17, 15) is 4.79 Å². The Morgan fingerprint density at radius 1 is 1.27 bits per heavy atom. The molecule has 0 amide bonds. The molecule has 6 heteroatoms. The highest BCUT2D eigenvalue weighted by molar-refractivity contribution is 5.40. The number of methoxy groups -OCH3 is 1. The summed E-state index contributed by atoms with van der Waals surface area (Å²) in [5, 5.41) is 4.59. The molecule has 136 valence electrons. The number of benzene rings is 1. The Balaban J connectivity index is 1.57. The van der Waals surface area contributed by atoms with Gasteiger partial charge in [0, 0.05) is 13.0 Å². The Morgan fingerprint density at radius 3 is 2.92 bits per heavy atom. The predicted octanol–water partition coefficient (Wildman–Crippen LogP) is 2.95. The van der Waals surface area contributed by atoms with Crippen molar-refractivity contribution in [3.05, 3.63) is 64.6 Å². The second-order valence-electron chi connectivity index (χ2n) is 7.17. The number of imidazole rings is 1. The molecule has 1 fully saturated rings. The molecule has 0 spiro atoms. The van der Waals surface area contributed by atoms with Crippen LogP contribution in [0.15, 0.2) is 47.7 Å². The van der Waals surface area contributed by atoms with Gasteiger partial charge in [0.1, 0.15) is 17.7 Å². The number of fused-ring (bicyclic) bond motifs is 1. The fraction of sp³-hybridized carbons (Fsp3) is 0.450. The first-order chi connectivity index (χ1) is 12.7. The second kappa shape index (κ2) is 7.41. The van der Waals surface area contributed by atoms with Crippen molar-refractivity contribution in [2.75, 3.05) is 7.11 Å². The van der Waals surface area contributed by atoms with E-state index in [2.05, 4.69) is 45.4 Å². The number of nitrogens with one attached hydrogen (secondary N) is 1. The molecule has 0 saturated heterocycles. The van der Waals surface area contributed by atoms with Gasteiger partial charge in [-0.25, -0.2) is 9.50 Å². The zero-order chi connectivity index (χ0) is 17.9. The maximum Gasteiger partial charge on any atom is 0.276 e. The summed E-state index contributed by atoms with van der Waals surface area (Å²) in [6.45, 7) is 0. The molecule has 1 aliphatic rings. The summed E-state index contributed by atoms with van der Waals surface area (Å²) in [6.07, 6.45) is 8.44. The van der Waals surface area contributed by atoms with Crippen LogP contribution >= 0.6 is 0 Å². The van der Waals surface area contributed by atoms with Gasteiger partial charge in [0.15, 0.2) is 0 Å². The van der Waals surface area contributed by atoms with Crippen molar-refractivity contribution < 1.29 is 4.74 Å². The molecule has 26 heavy (non-hydrogen) atoms. The minimum Gasteiger partial charge on any atom is -0.381 e. The average Bonchev–Trinajstić information content (AvgIpc) is 3.04. The number of rotatable bonds is 4. The topological polar surface area (TPSA) is 72.3 Å². The second-order valence-corrected chi connectivity index (χ2v) is 7.17. The maximum absolute atomic E-state index is 12.3. The third-order valence-corrected chi connectivity index (χ3v) is 5.47. The van der Waals surface area contributed by atoms with E-state index in [1.807, 2.05) is 0 Å². The van der Waals surface area contributed by atoms with Crippen LogP contribution in [0.4, 0.5) is 0 Å². The Hall–Kier alpha value is -2.47. The minimum absolute atomic E-state index is 0.0512. The van der Waals surface area contributed by atoms with E-state index in [0.717, 1.165) is 25.7 Å². The van der Waals surface area contributed by atoms with Crippen molar-refractivity contribution >= 4 is 5.52 Å². The van der Waals surface area contributed by atoms with Crippen molar-refractivity contribution in [1.82, 2.24) is 19.6 Å². The molecule has 4 rings (SSSR count). The van der Waals surface area contributed by atoms with Crippen molar-refractivity contribution in [1.29, 1.82) is 0 Å². The fourth-order valence-corrected chi connectivity index (χ4v) is 4.15. The van der Waals surface area contributed by atoms with Crippen LogP contribution in [0, 0.1) is 5.92 Å². The third kappa shape index (κ3) is 3.42. The van der Waals surface area contributed by atoms with Gasteiger partial charge < -0.3 is 9.72 Å². The number of nitrogens with zero attached hydrogens (tertiary/aromatic N) is 3. The number of H-pyrrole nitrogens is 1. The highest BCUT2D eigenvalue weighted by Gasteiger charge is 2.31. The Labute approximate surface area is 152 Å². The van der Waals surface area contributed by atoms with Gasteiger partial charge in [-0.15, -0.1) is 0 Å². The van der Waals surface area contributed by atoms with Gasteiger partial charge in [-0.05, 0) is 30.7 Å². The van der Waals surface area contributed by atoms with Crippen molar-refractivity contribution in [3.8, 4) is 0 Å². The Kier molecular flexibility index (Phi) is 4.84. The number of ether oxygens (including phenoxy) is 1. The standard InChI is InChI=1S/C20H24N4O2/c1-26-18-11-15(10-14-6-3-2-4-7-14)8-5-9-16(18)19-22-20(25)17-12-21-13-24(17)23-19/h2-4,6-7,12-13,15-16,18H,5,8-11H2,1H3,(H,22,23,25). The molecular formula is C20H24N4O2. The van der Waals surface area contributed by atoms with Crippen LogP contribution in [0.25, 0.3) is 5.52 Å². The molecular weight excluding hydrogens is 328 g/mol. The molecule has 0 bridgehead atoms. The molecule has 1 aliphatic carbocycles. The van der Waals surface area contributed by atoms with Crippen molar-refractivity contribution in [2.45, 2.75) is 44.1 Å². The van der Waals surface area contributed by atoms with Crippen LogP contribution in [0.5, 0.6) is 0 Å². The Bertz CT molecular complexity index is 918. The van der Waals surface area contributed by atoms with E-state index in [1.54, 1.807) is 18.0 Å². The summed E-state index contributed by atoms with van der Waals surface area (Å²) < 4.78 is 7.42. The summed E-state index contributed by atoms with van der Waals surface area (Å²) in [7, 11) is 1.76. The van der Waals surface area contributed by atoms with E-state index < -0.39 is 0 Å². The molecule has 1 N–H and O–H groups in total. The first-order valence-electron chi connectivity index (χ1n) is 9.24. The van der Waals surface area contributed by atoms with Gasteiger partial charge in [0.2, 0.25) is 0 Å². The summed E-state index contributed by atoms with van der Waals surface area (Å²) in [5.41, 5.74) is 1.70. The van der Waals surface area contributed by atoms with E-state index in [0.29, 0.717) is 17.3 Å². The van der Waals surface area contributed by atoms with Gasteiger partial charge in [-0.2, -0.15) is 5.10 Å². The van der Waals surface area contributed by atoms with E-state index in [1.165, 1.54) is 18.2 Å². The van der Waals surface area contributed by atoms with Gasteiger partial charge >= 0.3 is 0 Å². The predicted molar refractivity (Wildman–Crippen MR) is 99.2 cm³/mol. The lowest BCUT2D eigenvalue weighted by molar-refractivity contribution is 0.0605. The molecule has 6 nitrogen and oxygen atoms in total. The van der Waals surface area contributed by atoms with Crippen LogP contribution in [-0.2, 0) is 11.2 Å². The van der Waals surface area contributed by atoms with Crippen LogP contribution < -0.4 is 5.56 Å². The lowest BCUT2D eigenvalue weighted by Crippen LogP contribution is -2.27. The van der Waals surface area contributed by atoms with Crippen molar-refractivity contribution in [3.63, 3.8) is 0 Å². The maximum atomic E-state index is 12.3. The molecule has 1 aromatic carbocycles. The molecule has 3 aromatic rings. The van der Waals surface area contributed by atoms with Crippen molar-refractivity contribution in [2.24, 2.45) is 5.92 Å². The lowest BCUT2D eigenvalue weighted by atomic mass is 9.90. The summed E-state index contributed by atoms with van der Waals surface area (Å²) in [5.74, 6) is 1.38. The summed E-state index contributed by atoms with van der Waals surface area (Å²) in [4.78, 5) is 19.3. The zero-order valence-corrected chi connectivity index (χ0v) is 15.0. The minimum atomic E-state index is -0.146. The highest BCUT2D eigenvalue weighted by atomic mass is 16.5. The zero-order valence-electron chi connectivity index (χ0n) is 15.0.